The van der Waals surface area contributed by atoms with Gasteiger partial charge in [0.1, 0.15) is 11.6 Å². The molecule has 2 aliphatic rings. The molecule has 3 N–H and O–H groups in total. The minimum Gasteiger partial charge on any atom is -0.481 e. The van der Waals surface area contributed by atoms with Crippen LogP contribution in [-0.4, -0.2) is 48.2 Å². The fourth-order valence-electron chi connectivity index (χ4n) is 3.43. The molecule has 1 aliphatic heterocycles. The number of hydrogen-bond acceptors (Lipinski definition) is 6. The average Bonchev–Trinajstić information content (AvgIpc) is 3.30. The van der Waals surface area contributed by atoms with Gasteiger partial charge in [-0.3, -0.25) is 4.79 Å². The molecule has 0 bridgehead atoms. The fourth-order valence-corrected chi connectivity index (χ4v) is 3.43. The highest BCUT2D eigenvalue weighted by atomic mass is 16.4. The lowest BCUT2D eigenvalue weighted by Crippen LogP contribution is -2.48. The molecule has 1 aliphatic carbocycles. The molecule has 1 atom stereocenters. The molecule has 0 aromatic carbocycles. The van der Waals surface area contributed by atoms with Crippen LogP contribution in [0.5, 0.6) is 0 Å². The molecule has 126 valence electrons. The van der Waals surface area contributed by atoms with Crippen molar-refractivity contribution in [2.45, 2.75) is 32.1 Å². The first-order valence-electron chi connectivity index (χ1n) is 8.20. The van der Waals surface area contributed by atoms with Gasteiger partial charge in [-0.2, -0.15) is 9.97 Å². The van der Waals surface area contributed by atoms with Gasteiger partial charge in [-0.1, -0.05) is 12.8 Å². The van der Waals surface area contributed by atoms with Gasteiger partial charge in [0.05, 0.1) is 5.41 Å². The first-order chi connectivity index (χ1) is 10.9. The summed E-state index contributed by atoms with van der Waals surface area (Å²) in [5.41, 5.74) is 5.25. The quantitative estimate of drug-likeness (QED) is 0.851. The largest absolute Gasteiger partial charge is 0.481 e. The van der Waals surface area contributed by atoms with Gasteiger partial charge in [-0.15, -0.1) is 0 Å². The van der Waals surface area contributed by atoms with Gasteiger partial charge in [-0.05, 0) is 25.2 Å². The minimum absolute atomic E-state index is 0.410. The summed E-state index contributed by atoms with van der Waals surface area (Å²) in [5.74, 6) is 1.59. The van der Waals surface area contributed by atoms with Crippen LogP contribution in [0.4, 0.5) is 17.6 Å². The number of carboxylic acids is 1. The highest BCUT2D eigenvalue weighted by Gasteiger charge is 2.46. The van der Waals surface area contributed by atoms with E-state index in [1.54, 1.807) is 11.0 Å². The zero-order valence-electron chi connectivity index (χ0n) is 13.8. The van der Waals surface area contributed by atoms with Gasteiger partial charge in [0, 0.05) is 33.3 Å². The van der Waals surface area contributed by atoms with E-state index in [9.17, 15) is 9.90 Å². The molecule has 2 fully saturated rings. The van der Waals surface area contributed by atoms with Crippen LogP contribution in [0.3, 0.4) is 0 Å². The third-order valence-corrected chi connectivity index (χ3v) is 4.85. The van der Waals surface area contributed by atoms with Crippen molar-refractivity contribution in [1.82, 2.24) is 9.97 Å². The fraction of sp³-hybridized carbons (Fsp3) is 0.688. The summed E-state index contributed by atoms with van der Waals surface area (Å²) in [6.45, 7) is 1.31. The van der Waals surface area contributed by atoms with Crippen LogP contribution in [-0.2, 0) is 4.79 Å². The lowest BCUT2D eigenvalue weighted by Gasteiger charge is -2.40. The van der Waals surface area contributed by atoms with E-state index in [1.807, 2.05) is 14.1 Å². The van der Waals surface area contributed by atoms with Crippen LogP contribution in [0.2, 0.25) is 0 Å². The number of nitrogens with zero attached hydrogens (tertiary/aromatic N) is 4. The number of piperidine rings is 1. The van der Waals surface area contributed by atoms with E-state index >= 15 is 0 Å². The van der Waals surface area contributed by atoms with Crippen molar-refractivity contribution in [3.05, 3.63) is 6.07 Å². The molecule has 0 amide bonds. The van der Waals surface area contributed by atoms with Gasteiger partial charge in [0.15, 0.2) is 0 Å². The number of anilines is 3. The number of nitrogen functional groups attached to an aromatic ring is 1. The van der Waals surface area contributed by atoms with Crippen LogP contribution in [0.15, 0.2) is 6.07 Å². The second-order valence-electron chi connectivity index (χ2n) is 7.10. The van der Waals surface area contributed by atoms with E-state index in [1.165, 1.54) is 12.8 Å². The molecule has 0 spiro atoms. The Balaban J connectivity index is 1.86. The Labute approximate surface area is 136 Å². The van der Waals surface area contributed by atoms with Crippen LogP contribution in [0.25, 0.3) is 0 Å². The second kappa shape index (κ2) is 5.86. The SMILES string of the molecule is CN(C)c1nc(N)cc(N2CCC[C@](CC3CC3)(C(=O)O)C2)n1. The molecule has 3 rings (SSSR count). The maximum absolute atomic E-state index is 12.0. The lowest BCUT2D eigenvalue weighted by molar-refractivity contribution is -0.150. The molecule has 23 heavy (non-hydrogen) atoms. The van der Waals surface area contributed by atoms with Crippen molar-refractivity contribution in [1.29, 1.82) is 0 Å². The first-order valence-corrected chi connectivity index (χ1v) is 8.20. The van der Waals surface area contributed by atoms with Gasteiger partial charge in [-0.25, -0.2) is 0 Å². The predicted octanol–water partition coefficient (Wildman–Crippen LogP) is 1.60. The zero-order chi connectivity index (χ0) is 16.6. The Bertz CT molecular complexity index is 602. The third kappa shape index (κ3) is 3.33. The Morgan fingerprint density at radius 2 is 2.22 bits per heavy atom. The summed E-state index contributed by atoms with van der Waals surface area (Å²) in [4.78, 5) is 24.6. The molecule has 1 aromatic rings. The Morgan fingerprint density at radius 1 is 1.48 bits per heavy atom. The number of nitrogens with two attached hydrogens (primary N) is 1. The number of aliphatic carboxylic acids is 1. The standard InChI is InChI=1S/C16H25N5O2/c1-20(2)15-18-12(17)8-13(19-15)21-7-3-6-16(10-21,14(22)23)9-11-4-5-11/h8,11H,3-7,9-10H2,1-2H3,(H,22,23)(H2,17,18,19)/t16-/m1/s1. The number of rotatable bonds is 5. The van der Waals surface area contributed by atoms with Crippen LogP contribution in [0, 0.1) is 11.3 Å². The molecule has 0 radical (unpaired) electrons. The van der Waals surface area contributed by atoms with Crippen molar-refractivity contribution in [2.75, 3.05) is 42.7 Å². The van der Waals surface area contributed by atoms with Gasteiger partial charge < -0.3 is 20.6 Å². The number of carboxylic acid groups (broad SMARTS) is 1. The normalized spacial score (nSPS) is 24.5. The summed E-state index contributed by atoms with van der Waals surface area (Å²) < 4.78 is 0. The highest BCUT2D eigenvalue weighted by Crippen LogP contribution is 2.45. The van der Waals surface area contributed by atoms with E-state index in [2.05, 4.69) is 14.9 Å². The van der Waals surface area contributed by atoms with Crippen LogP contribution >= 0.6 is 0 Å². The van der Waals surface area contributed by atoms with Crippen molar-refractivity contribution >= 4 is 23.6 Å². The van der Waals surface area contributed by atoms with Gasteiger partial charge in [0.2, 0.25) is 5.95 Å². The molecule has 0 unspecified atom stereocenters. The van der Waals surface area contributed by atoms with Gasteiger partial charge in [0.25, 0.3) is 0 Å². The lowest BCUT2D eigenvalue weighted by atomic mass is 9.75. The van der Waals surface area contributed by atoms with Crippen molar-refractivity contribution in [2.24, 2.45) is 11.3 Å². The van der Waals surface area contributed by atoms with Crippen molar-refractivity contribution < 1.29 is 9.90 Å². The Hall–Kier alpha value is -2.05. The molecule has 1 aromatic heterocycles. The smallest absolute Gasteiger partial charge is 0.311 e. The highest BCUT2D eigenvalue weighted by molar-refractivity contribution is 5.76. The molecular weight excluding hydrogens is 294 g/mol. The van der Waals surface area contributed by atoms with Crippen LogP contribution in [0.1, 0.15) is 32.1 Å². The molecule has 2 heterocycles. The molecule has 7 nitrogen and oxygen atoms in total. The van der Waals surface area contributed by atoms with Crippen LogP contribution < -0.4 is 15.5 Å². The van der Waals surface area contributed by atoms with E-state index in [4.69, 9.17) is 5.73 Å². The van der Waals surface area contributed by atoms with Crippen molar-refractivity contribution in [3.8, 4) is 0 Å². The minimum atomic E-state index is -0.677. The number of carbonyl (C=O) groups is 1. The van der Waals surface area contributed by atoms with Gasteiger partial charge >= 0.3 is 5.97 Å². The molecule has 7 heteroatoms. The maximum Gasteiger partial charge on any atom is 0.311 e. The summed E-state index contributed by atoms with van der Waals surface area (Å²) in [6, 6.07) is 1.74. The first kappa shape index (κ1) is 15.8. The predicted molar refractivity (Wildman–Crippen MR) is 89.6 cm³/mol. The molecule has 1 saturated carbocycles. The second-order valence-corrected chi connectivity index (χ2v) is 7.10. The zero-order valence-corrected chi connectivity index (χ0v) is 13.8. The average molecular weight is 319 g/mol. The maximum atomic E-state index is 12.0. The summed E-state index contributed by atoms with van der Waals surface area (Å²) in [5, 5.41) is 9.84. The van der Waals surface area contributed by atoms with E-state index < -0.39 is 11.4 Å². The number of hydrogen-bond donors (Lipinski definition) is 2. The van der Waals surface area contributed by atoms with E-state index in [-0.39, 0.29) is 0 Å². The van der Waals surface area contributed by atoms with E-state index in [0.29, 0.717) is 24.2 Å². The Morgan fingerprint density at radius 3 is 2.83 bits per heavy atom. The van der Waals surface area contributed by atoms with Crippen molar-refractivity contribution in [3.63, 3.8) is 0 Å². The third-order valence-electron chi connectivity index (χ3n) is 4.85. The monoisotopic (exact) mass is 319 g/mol. The summed E-state index contributed by atoms with van der Waals surface area (Å²) in [6.07, 6.45) is 4.72. The summed E-state index contributed by atoms with van der Waals surface area (Å²) in [7, 11) is 3.73. The summed E-state index contributed by atoms with van der Waals surface area (Å²) >= 11 is 0. The topological polar surface area (TPSA) is 95.6 Å². The Kier molecular flexibility index (Phi) is 4.04. The molecule has 1 saturated heterocycles. The van der Waals surface area contributed by atoms with E-state index in [0.717, 1.165) is 31.6 Å². The molecular formula is C16H25N5O2. The number of aromatic nitrogens is 2.